The summed E-state index contributed by atoms with van der Waals surface area (Å²) >= 11 is 0. The monoisotopic (exact) mass is 2790 g/mol. The molecule has 0 saturated carbocycles. The third-order valence-corrected chi connectivity index (χ3v) is 23.3. The summed E-state index contributed by atoms with van der Waals surface area (Å²) in [6.45, 7) is 43.6. The van der Waals surface area contributed by atoms with Crippen LogP contribution in [0.5, 0.6) is 11.5 Å². The Kier molecular flexibility index (Phi) is 45.6. The van der Waals surface area contributed by atoms with Gasteiger partial charge in [0.25, 0.3) is 0 Å². The molecule has 7 aromatic heterocycles. The second kappa shape index (κ2) is 54.1. The molecule has 7 aromatic carbocycles. The van der Waals surface area contributed by atoms with E-state index in [4.69, 9.17) is 29.9 Å². The first-order valence-electron chi connectivity index (χ1n) is 46.1. The first kappa shape index (κ1) is 119. The quantitative estimate of drug-likeness (QED) is 0.0382. The normalized spacial score (nSPS) is 11.7. The molecule has 0 fully saturated rings. The van der Waals surface area contributed by atoms with Crippen LogP contribution in [0.15, 0.2) is 235 Å². The number of allylic oxidation sites excluding steroid dienone is 4. The van der Waals surface area contributed by atoms with Crippen molar-refractivity contribution in [2.24, 2.45) is 9.98 Å². The summed E-state index contributed by atoms with van der Waals surface area (Å²) in [5.41, 5.74) is 30.1. The van der Waals surface area contributed by atoms with E-state index in [0.29, 0.717) is 50.7 Å². The van der Waals surface area contributed by atoms with Gasteiger partial charge in [-0.1, -0.05) is 275 Å². The number of fused-ring (bicyclic) bond motifs is 8. The number of nitrogens with zero attached hydrogens (tertiary/aromatic N) is 10. The van der Waals surface area contributed by atoms with Gasteiger partial charge in [-0.05, 0) is 178 Å². The van der Waals surface area contributed by atoms with Gasteiger partial charge in [0.05, 0.1) is 34.2 Å². The Balaban J connectivity index is 0.000000276. The average Bonchev–Trinajstić information content (AvgIpc) is 1.67. The number of benzene rings is 7. The van der Waals surface area contributed by atoms with Crippen LogP contribution >= 0.6 is 0 Å². The number of hydrogen-bond donors (Lipinski definition) is 2. The molecule has 141 heavy (non-hydrogen) atoms. The van der Waals surface area contributed by atoms with E-state index in [1.54, 1.807) is 91.7 Å². The molecule has 13 nitrogen and oxygen atoms in total. The molecule has 0 atom stereocenters. The Morgan fingerprint density at radius 3 is 0.950 bits per heavy atom. The second-order valence-electron chi connectivity index (χ2n) is 36.9. The van der Waals surface area contributed by atoms with Gasteiger partial charge in [-0.15, -0.1) is 106 Å². The molecular weight excluding hydrogens is 2670 g/mol. The fourth-order valence-electron chi connectivity index (χ4n) is 16.0. The smallest absolute Gasteiger partial charge is 0.657 e. The Hall–Kier alpha value is -10.7. The number of para-hydroxylation sites is 2. The molecule has 0 saturated heterocycles. The van der Waals surface area contributed by atoms with Crippen molar-refractivity contribution in [2.75, 3.05) is 0 Å². The summed E-state index contributed by atoms with van der Waals surface area (Å²) in [5.74, 6) is -2.69. The van der Waals surface area contributed by atoms with E-state index in [-0.39, 0.29) is 158 Å². The molecule has 9 heterocycles. The maximum atomic E-state index is 13.2. The molecule has 0 amide bonds. The van der Waals surface area contributed by atoms with Gasteiger partial charge in [0.1, 0.15) is 17.8 Å². The first-order valence-corrected chi connectivity index (χ1v) is 46.1. The van der Waals surface area contributed by atoms with Crippen LogP contribution in [0, 0.1) is 59.2 Å². The van der Waals surface area contributed by atoms with Crippen LogP contribution in [-0.4, -0.2) is 58.8 Å². The summed E-state index contributed by atoms with van der Waals surface area (Å²) in [6.07, 6.45) is 18.1. The van der Waals surface area contributed by atoms with E-state index in [2.05, 4.69) is 219 Å². The minimum atomic E-state index is -0.649. The predicted octanol–water partition coefficient (Wildman–Crippen LogP) is 29.9. The summed E-state index contributed by atoms with van der Waals surface area (Å²) in [6, 6.07) is 66.9. The van der Waals surface area contributed by atoms with Crippen LogP contribution in [0.3, 0.4) is 0 Å². The van der Waals surface area contributed by atoms with Crippen molar-refractivity contribution in [2.45, 2.75) is 212 Å². The van der Waals surface area contributed by atoms with Gasteiger partial charge < -0.3 is 40.1 Å². The van der Waals surface area contributed by atoms with Gasteiger partial charge >= 0.3 is 21.1 Å². The third-order valence-electron chi connectivity index (χ3n) is 23.3. The molecule has 2 aliphatic rings. The molecule has 747 valence electrons. The van der Waals surface area contributed by atoms with Crippen molar-refractivity contribution in [1.29, 1.82) is 0 Å². The summed E-state index contributed by atoms with van der Waals surface area (Å²) < 4.78 is 76.8. The standard InChI is InChI=1S/C36H44N4.C36H48N2O2.C12H7FNO.2C11H6F2N.C11H7FN.3Ir.2Pt/c1-9-21-22(10-2)30-18-32-25(13-5)26(14-6)34(39-32)20-36-28(16-8)27(15-7)35(40-36)19-33-24(12-4)23(11-3)31(38-33)17-29(21)37-30;1-33(2,3)25-17-23(31(39)27(19-25)35(7,8)9)21-37-29-15-13-14-16-30(29)38-22-24-18-26(34(4,5)6)20-28(32(24)40)36(10,11)12;13-11-3-1-10(2-4-11)12-7-9(8-15)5-6-14-12;2*12-8-4-5-9(10(13)7-8)11-3-1-2-6-14-11;12-10-6-4-9(5-7-10)11-3-1-2-8-13-11;;;;;/h17-20H,9-16H2,1-8H3;13-22,39-40H,1-12H3;1,3-8H;2*1-4,6-7H;1-4,6-8H;;;;;/q-2;;4*-1;;;;;+2. The molecule has 16 rings (SSSR count). The summed E-state index contributed by atoms with van der Waals surface area (Å²) in [5, 5.41) is 22.4. The molecule has 3 radical (unpaired) electrons. The van der Waals surface area contributed by atoms with Crippen LogP contribution in [0.25, 0.3) is 89.4 Å². The number of aldehydes is 1. The number of phenols is 2. The van der Waals surface area contributed by atoms with Gasteiger partial charge in [0, 0.05) is 181 Å². The maximum absolute atomic E-state index is 13.2. The average molecular weight is 2790 g/mol. The third kappa shape index (κ3) is 30.9. The van der Waals surface area contributed by atoms with Crippen LogP contribution < -0.4 is 9.97 Å². The molecule has 24 heteroatoms. The first-order chi connectivity index (χ1) is 64.8. The van der Waals surface area contributed by atoms with E-state index in [1.165, 1.54) is 75.0 Å². The molecule has 8 bridgehead atoms. The number of carbonyl (C=O) groups excluding carboxylic acids is 1. The van der Waals surface area contributed by atoms with Gasteiger partial charge in [0.15, 0.2) is 0 Å². The minimum Gasteiger partial charge on any atom is -0.657 e. The number of carbonyl (C=O) groups is 1. The zero-order valence-corrected chi connectivity index (χ0v) is 94.7. The van der Waals surface area contributed by atoms with Crippen LogP contribution in [0.1, 0.15) is 253 Å². The topological polar surface area (TPSA) is 188 Å². The van der Waals surface area contributed by atoms with E-state index in [0.717, 1.165) is 160 Å². The van der Waals surface area contributed by atoms with Crippen molar-refractivity contribution < 1.29 is 144 Å². The van der Waals surface area contributed by atoms with Crippen molar-refractivity contribution in [3.63, 3.8) is 0 Å². The van der Waals surface area contributed by atoms with Gasteiger partial charge in [-0.25, -0.2) is 9.97 Å². The predicted molar refractivity (Wildman–Crippen MR) is 542 cm³/mol. The Labute approximate surface area is 896 Å². The number of halogens is 6. The molecule has 2 aliphatic heterocycles. The Bertz CT molecular complexity index is 6430. The Morgan fingerprint density at radius 2 is 0.667 bits per heavy atom. The van der Waals surface area contributed by atoms with Gasteiger partial charge in [-0.3, -0.25) is 41.1 Å². The molecule has 0 spiro atoms. The van der Waals surface area contributed by atoms with Gasteiger partial charge in [0.2, 0.25) is 0 Å². The van der Waals surface area contributed by atoms with E-state index >= 15 is 0 Å². The fraction of sp³-hybridized carbons (Fsp3) is 0.274. The number of aliphatic imine (C=N–C) groups is 2. The number of phenolic OH excluding ortho intramolecular Hbond substituents is 2. The molecule has 0 unspecified atom stereocenters. The summed E-state index contributed by atoms with van der Waals surface area (Å²) in [4.78, 5) is 57.2. The van der Waals surface area contributed by atoms with E-state index in [9.17, 15) is 41.4 Å². The van der Waals surface area contributed by atoms with Crippen LogP contribution in [-0.2, 0) is 150 Å². The SMILES string of the molecule is CC(C)(C)c1cc(C=Nc2ccccc2N=Cc2cc(C(C)(C)C)cc(C(C)(C)C)c2O)c(O)c(C(C)(C)C)c1.CCC1=C(CC)c2cc3[n-]c(cc4nc(cc5[n-]c(cc1n2)c(CC)c5CC)C(CC)=C4CC)c(CC)c3CC.Fc1c[c-]c(-c2ccccn2)c(F)c1.Fc1c[c-]c(-c2ccccn2)c(F)c1.Fc1c[c-]c(-c2ccccn2)cc1.O=Cc1ccnc(-c2[c-]cc(F)cc2)c1.[Ir].[Ir].[Ir].[Pt+2].[Pt]. The van der Waals surface area contributed by atoms with Crippen molar-refractivity contribution in [3.8, 4) is 56.5 Å². The molecular formula is C117H118F6Ir3N10O3Pt2-4. The maximum Gasteiger partial charge on any atom is 2.00 e. The second-order valence-corrected chi connectivity index (χ2v) is 36.9. The molecule has 0 aliphatic carbocycles. The van der Waals surface area contributed by atoms with Gasteiger partial charge in [-0.2, -0.15) is 0 Å². The van der Waals surface area contributed by atoms with E-state index < -0.39 is 23.3 Å². The fourth-order valence-corrected chi connectivity index (χ4v) is 16.0. The number of aromatic nitrogens is 8. The number of aromatic hydroxyl groups is 2. The van der Waals surface area contributed by atoms with Crippen molar-refractivity contribution >= 4 is 74.4 Å². The van der Waals surface area contributed by atoms with E-state index in [1.807, 2.05) is 54.6 Å². The Morgan fingerprint density at radius 1 is 0.348 bits per heavy atom. The van der Waals surface area contributed by atoms with Crippen LogP contribution in [0.2, 0.25) is 0 Å². The van der Waals surface area contributed by atoms with Crippen molar-refractivity contribution in [3.05, 3.63) is 368 Å². The van der Waals surface area contributed by atoms with Crippen LogP contribution in [0.4, 0.5) is 37.7 Å². The van der Waals surface area contributed by atoms with Crippen molar-refractivity contribution in [1.82, 2.24) is 39.9 Å². The minimum absolute atomic E-state index is 0. The number of aryl methyl sites for hydroxylation is 4. The summed E-state index contributed by atoms with van der Waals surface area (Å²) in [7, 11) is 0. The largest absolute Gasteiger partial charge is 2.00 e. The molecule has 14 aromatic rings. The number of rotatable bonds is 17. The number of hydrogen-bond acceptors (Lipinski definition) is 11. The zero-order valence-electron chi connectivity index (χ0n) is 82.9. The number of pyridine rings is 4. The molecule has 2 N–H and O–H groups in total. The zero-order chi connectivity index (χ0) is 98.5.